The fourth-order valence-corrected chi connectivity index (χ4v) is 3.40. The maximum absolute atomic E-state index is 6.28. The summed E-state index contributed by atoms with van der Waals surface area (Å²) >= 11 is 12.4. The molecule has 0 spiro atoms. The largest absolute Gasteiger partial charge is 0.396 e. The van der Waals surface area contributed by atoms with Gasteiger partial charge < -0.3 is 5.73 Å². The van der Waals surface area contributed by atoms with Gasteiger partial charge in [0.25, 0.3) is 0 Å². The van der Waals surface area contributed by atoms with Gasteiger partial charge in [-0.3, -0.25) is 4.68 Å². The smallest absolute Gasteiger partial charge is 0.117 e. The Morgan fingerprint density at radius 1 is 1.10 bits per heavy atom. The molecular formula is C16H19Cl2N3. The first-order valence-electron chi connectivity index (χ1n) is 7.46. The first-order chi connectivity index (χ1) is 10.2. The van der Waals surface area contributed by atoms with E-state index in [4.69, 9.17) is 34.0 Å². The SMILES string of the molecule is Nc1cn(C2CCCCCC2)nc1-c1cccc(Cl)c1Cl. The number of rotatable bonds is 2. The lowest BCUT2D eigenvalue weighted by Gasteiger charge is -2.14. The maximum Gasteiger partial charge on any atom is 0.117 e. The molecule has 1 heterocycles. The third-order valence-electron chi connectivity index (χ3n) is 4.17. The van der Waals surface area contributed by atoms with Gasteiger partial charge in [0.15, 0.2) is 0 Å². The number of nitrogens with two attached hydrogens (primary N) is 1. The summed E-state index contributed by atoms with van der Waals surface area (Å²) in [4.78, 5) is 0. The minimum atomic E-state index is 0.446. The fourth-order valence-electron chi connectivity index (χ4n) is 3.01. The van der Waals surface area contributed by atoms with Gasteiger partial charge in [-0.05, 0) is 18.9 Å². The summed E-state index contributed by atoms with van der Waals surface area (Å²) in [5.74, 6) is 0. The van der Waals surface area contributed by atoms with E-state index in [0.29, 0.717) is 21.8 Å². The van der Waals surface area contributed by atoms with Crippen LogP contribution in [-0.4, -0.2) is 9.78 Å². The summed E-state index contributed by atoms with van der Waals surface area (Å²) in [6.45, 7) is 0. The van der Waals surface area contributed by atoms with E-state index in [0.717, 1.165) is 11.3 Å². The predicted octanol–water partition coefficient (Wildman–Crippen LogP) is 5.33. The van der Waals surface area contributed by atoms with Crippen molar-refractivity contribution in [2.24, 2.45) is 0 Å². The molecule has 1 aliphatic carbocycles. The van der Waals surface area contributed by atoms with Gasteiger partial charge in [-0.1, -0.05) is 61.0 Å². The molecule has 2 N–H and O–H groups in total. The van der Waals surface area contributed by atoms with Crippen LogP contribution in [-0.2, 0) is 0 Å². The Labute approximate surface area is 135 Å². The second-order valence-corrected chi connectivity index (χ2v) is 6.44. The van der Waals surface area contributed by atoms with E-state index in [1.54, 1.807) is 6.07 Å². The van der Waals surface area contributed by atoms with E-state index < -0.39 is 0 Å². The molecule has 0 amide bonds. The zero-order chi connectivity index (χ0) is 14.8. The van der Waals surface area contributed by atoms with E-state index in [1.165, 1.54) is 38.5 Å². The number of benzene rings is 1. The van der Waals surface area contributed by atoms with Crippen molar-refractivity contribution >= 4 is 28.9 Å². The van der Waals surface area contributed by atoms with Crippen molar-refractivity contribution in [1.82, 2.24) is 9.78 Å². The van der Waals surface area contributed by atoms with Crippen molar-refractivity contribution in [3.63, 3.8) is 0 Å². The van der Waals surface area contributed by atoms with Crippen LogP contribution < -0.4 is 5.73 Å². The normalized spacial score (nSPS) is 16.9. The zero-order valence-electron chi connectivity index (χ0n) is 11.9. The molecular weight excluding hydrogens is 305 g/mol. The highest BCUT2D eigenvalue weighted by Crippen LogP contribution is 2.36. The van der Waals surface area contributed by atoms with Crippen LogP contribution in [0.4, 0.5) is 5.69 Å². The first kappa shape index (κ1) is 14.7. The lowest BCUT2D eigenvalue weighted by Crippen LogP contribution is -2.08. The molecule has 1 aliphatic rings. The fraction of sp³-hybridized carbons (Fsp3) is 0.438. The summed E-state index contributed by atoms with van der Waals surface area (Å²) in [6.07, 6.45) is 9.44. The van der Waals surface area contributed by atoms with Crippen LogP contribution in [0.15, 0.2) is 24.4 Å². The van der Waals surface area contributed by atoms with Crippen LogP contribution >= 0.6 is 23.2 Å². The Balaban J connectivity index is 1.95. The molecule has 2 aromatic rings. The number of hydrogen-bond acceptors (Lipinski definition) is 2. The third kappa shape index (κ3) is 3.04. The van der Waals surface area contributed by atoms with Crippen LogP contribution in [0.2, 0.25) is 10.0 Å². The van der Waals surface area contributed by atoms with Crippen molar-refractivity contribution in [1.29, 1.82) is 0 Å². The van der Waals surface area contributed by atoms with Crippen molar-refractivity contribution < 1.29 is 0 Å². The lowest BCUT2D eigenvalue weighted by atomic mass is 10.1. The van der Waals surface area contributed by atoms with Gasteiger partial charge in [0.2, 0.25) is 0 Å². The second-order valence-electron chi connectivity index (χ2n) is 5.66. The standard InChI is InChI=1S/C16H19Cl2N3/c17-13-9-5-8-12(15(13)18)16-14(19)10-21(20-16)11-6-3-1-2-4-7-11/h5,8-11H,1-4,6-7,19H2. The molecule has 5 heteroatoms. The van der Waals surface area contributed by atoms with Gasteiger partial charge >= 0.3 is 0 Å². The van der Waals surface area contributed by atoms with Crippen LogP contribution in [0.25, 0.3) is 11.3 Å². The van der Waals surface area contributed by atoms with Gasteiger partial charge in [-0.2, -0.15) is 5.10 Å². The second kappa shape index (κ2) is 6.29. The number of nitrogen functional groups attached to an aromatic ring is 1. The highest BCUT2D eigenvalue weighted by Gasteiger charge is 2.19. The number of aromatic nitrogens is 2. The molecule has 21 heavy (non-hydrogen) atoms. The Morgan fingerprint density at radius 3 is 2.52 bits per heavy atom. The molecule has 1 saturated carbocycles. The van der Waals surface area contributed by atoms with Crippen LogP contribution in [0.1, 0.15) is 44.6 Å². The van der Waals surface area contributed by atoms with Crippen molar-refractivity contribution in [2.75, 3.05) is 5.73 Å². The predicted molar refractivity (Wildman–Crippen MR) is 88.8 cm³/mol. The molecule has 1 fully saturated rings. The minimum absolute atomic E-state index is 0.446. The van der Waals surface area contributed by atoms with Gasteiger partial charge in [0.05, 0.1) is 21.8 Å². The molecule has 0 aliphatic heterocycles. The lowest BCUT2D eigenvalue weighted by molar-refractivity contribution is 0.406. The highest BCUT2D eigenvalue weighted by molar-refractivity contribution is 6.43. The van der Waals surface area contributed by atoms with Gasteiger partial charge in [0, 0.05) is 11.8 Å². The Kier molecular flexibility index (Phi) is 4.41. The van der Waals surface area contributed by atoms with Crippen molar-refractivity contribution in [3.8, 4) is 11.3 Å². The monoisotopic (exact) mass is 323 g/mol. The van der Waals surface area contributed by atoms with Crippen LogP contribution in [0.5, 0.6) is 0 Å². The topological polar surface area (TPSA) is 43.8 Å². The van der Waals surface area contributed by atoms with Crippen LogP contribution in [0, 0.1) is 0 Å². The Bertz CT molecular complexity index is 628. The summed E-state index contributed by atoms with van der Waals surface area (Å²) < 4.78 is 2.02. The number of nitrogens with zero attached hydrogens (tertiary/aromatic N) is 2. The summed E-state index contributed by atoms with van der Waals surface area (Å²) in [7, 11) is 0. The zero-order valence-corrected chi connectivity index (χ0v) is 13.4. The quantitative estimate of drug-likeness (QED) is 0.758. The molecule has 3 rings (SSSR count). The van der Waals surface area contributed by atoms with E-state index in [1.807, 2.05) is 23.0 Å². The number of halogens is 2. The molecule has 1 aromatic heterocycles. The number of anilines is 1. The molecule has 0 radical (unpaired) electrons. The molecule has 112 valence electrons. The molecule has 3 nitrogen and oxygen atoms in total. The molecule has 0 bridgehead atoms. The molecule has 0 saturated heterocycles. The van der Waals surface area contributed by atoms with E-state index in [2.05, 4.69) is 0 Å². The van der Waals surface area contributed by atoms with Crippen molar-refractivity contribution in [3.05, 3.63) is 34.4 Å². The maximum atomic E-state index is 6.28. The molecule has 0 unspecified atom stereocenters. The highest BCUT2D eigenvalue weighted by atomic mass is 35.5. The van der Waals surface area contributed by atoms with Crippen LogP contribution in [0.3, 0.4) is 0 Å². The van der Waals surface area contributed by atoms with E-state index in [-0.39, 0.29) is 0 Å². The van der Waals surface area contributed by atoms with Gasteiger partial charge in [-0.25, -0.2) is 0 Å². The van der Waals surface area contributed by atoms with Crippen molar-refractivity contribution in [2.45, 2.75) is 44.6 Å². The Hall–Kier alpha value is -1.19. The summed E-state index contributed by atoms with van der Waals surface area (Å²) in [6, 6.07) is 5.99. The number of hydrogen-bond donors (Lipinski definition) is 1. The van der Waals surface area contributed by atoms with Gasteiger partial charge in [0.1, 0.15) is 5.69 Å². The van der Waals surface area contributed by atoms with Gasteiger partial charge in [-0.15, -0.1) is 0 Å². The Morgan fingerprint density at radius 2 is 1.81 bits per heavy atom. The van der Waals surface area contributed by atoms with E-state index in [9.17, 15) is 0 Å². The molecule has 1 aromatic carbocycles. The minimum Gasteiger partial charge on any atom is -0.396 e. The average Bonchev–Trinajstić information content (AvgIpc) is 2.70. The first-order valence-corrected chi connectivity index (χ1v) is 8.21. The van der Waals surface area contributed by atoms with E-state index >= 15 is 0 Å². The third-order valence-corrected chi connectivity index (χ3v) is 4.98. The summed E-state index contributed by atoms with van der Waals surface area (Å²) in [5, 5.41) is 5.73. The summed E-state index contributed by atoms with van der Waals surface area (Å²) in [5.41, 5.74) is 8.34. The molecule has 0 atom stereocenters. The average molecular weight is 324 g/mol.